The number of nitrogens with one attached hydrogen (secondary N) is 1. The molecule has 0 aliphatic rings. The van der Waals surface area contributed by atoms with Crippen LogP contribution in [-0.2, 0) is 23.1 Å². The normalized spacial score (nSPS) is 11.7. The summed E-state index contributed by atoms with van der Waals surface area (Å²) >= 11 is 0. The predicted molar refractivity (Wildman–Crippen MR) is 136 cm³/mol. The first kappa shape index (κ1) is 23.8. The Labute approximate surface area is 201 Å². The smallest absolute Gasteiger partial charge is 0.241 e. The van der Waals surface area contributed by atoms with Gasteiger partial charge in [-0.15, -0.1) is 0 Å². The lowest BCUT2D eigenvalue weighted by molar-refractivity contribution is 0.255. The molecule has 2 aromatic heterocycles. The third-order valence-corrected chi connectivity index (χ3v) is 7.09. The molecule has 0 saturated carbocycles. The molecule has 176 valence electrons. The van der Waals surface area contributed by atoms with E-state index in [1.165, 1.54) is 0 Å². The number of nitrogens with zero attached hydrogens (tertiary/aromatic N) is 4. The van der Waals surface area contributed by atoms with E-state index in [0.29, 0.717) is 25.0 Å². The number of sulfonamides is 1. The summed E-state index contributed by atoms with van der Waals surface area (Å²) in [6.07, 6.45) is 3.53. The molecule has 34 heavy (non-hydrogen) atoms. The zero-order valence-electron chi connectivity index (χ0n) is 19.4. The molecule has 0 bridgehead atoms. The van der Waals surface area contributed by atoms with E-state index in [1.54, 1.807) is 24.5 Å². The van der Waals surface area contributed by atoms with Crippen molar-refractivity contribution in [2.24, 2.45) is 0 Å². The number of rotatable bonds is 10. The third kappa shape index (κ3) is 5.77. The first-order chi connectivity index (χ1) is 16.4. The van der Waals surface area contributed by atoms with Gasteiger partial charge in [-0.2, -0.15) is 0 Å². The molecule has 0 radical (unpaired) electrons. The van der Waals surface area contributed by atoms with Crippen molar-refractivity contribution in [2.75, 3.05) is 32.1 Å². The quantitative estimate of drug-likeness (QED) is 0.377. The Morgan fingerprint density at radius 3 is 1.97 bits per heavy atom. The Kier molecular flexibility index (Phi) is 7.52. The zero-order valence-corrected chi connectivity index (χ0v) is 20.2. The molecule has 0 fully saturated rings. The van der Waals surface area contributed by atoms with Crippen molar-refractivity contribution in [2.45, 2.75) is 18.0 Å². The summed E-state index contributed by atoms with van der Waals surface area (Å²) in [5.74, 6) is 0. The fourth-order valence-corrected chi connectivity index (χ4v) is 5.20. The van der Waals surface area contributed by atoms with Crippen molar-refractivity contribution in [3.63, 3.8) is 0 Å². The van der Waals surface area contributed by atoms with Crippen LogP contribution in [0.5, 0.6) is 0 Å². The molecule has 2 heterocycles. The average molecular weight is 476 g/mol. The molecule has 1 N–H and O–H groups in total. The molecule has 0 amide bonds. The van der Waals surface area contributed by atoms with Gasteiger partial charge in [-0.05, 0) is 36.4 Å². The standard InChI is InChI=1S/C26H29N5O2S/c1-30(2)25-13-7-12-24-23(25)11-8-14-26(24)34(32,33)29-17-18-31(19-21-9-3-5-15-27-21)20-22-10-4-6-16-28-22/h3-16,29H,17-20H2,1-2H3. The van der Waals surface area contributed by atoms with Crippen molar-refractivity contribution in [3.8, 4) is 0 Å². The highest BCUT2D eigenvalue weighted by atomic mass is 32.2. The molecule has 0 aliphatic carbocycles. The van der Waals surface area contributed by atoms with E-state index >= 15 is 0 Å². The van der Waals surface area contributed by atoms with Crippen molar-refractivity contribution in [1.82, 2.24) is 19.6 Å². The SMILES string of the molecule is CN(C)c1cccc2c(S(=O)(=O)NCCN(Cc3ccccn3)Cc3ccccn3)cccc12. The lowest BCUT2D eigenvalue weighted by Crippen LogP contribution is -2.35. The first-order valence-corrected chi connectivity index (χ1v) is 12.6. The second kappa shape index (κ2) is 10.7. The maximum atomic E-state index is 13.3. The van der Waals surface area contributed by atoms with Crippen molar-refractivity contribution >= 4 is 26.5 Å². The van der Waals surface area contributed by atoms with Crippen LogP contribution in [0.15, 0.2) is 90.1 Å². The van der Waals surface area contributed by atoms with Gasteiger partial charge < -0.3 is 4.90 Å². The molecule has 7 nitrogen and oxygen atoms in total. The van der Waals surface area contributed by atoms with Crippen LogP contribution in [0.2, 0.25) is 0 Å². The van der Waals surface area contributed by atoms with Gasteiger partial charge in [0.25, 0.3) is 0 Å². The van der Waals surface area contributed by atoms with Crippen LogP contribution in [-0.4, -0.2) is 50.5 Å². The summed E-state index contributed by atoms with van der Waals surface area (Å²) in [6, 6.07) is 22.7. The lowest BCUT2D eigenvalue weighted by Gasteiger charge is -2.22. The second-order valence-corrected chi connectivity index (χ2v) is 10.0. The summed E-state index contributed by atoms with van der Waals surface area (Å²) in [6.45, 7) is 1.98. The Bertz CT molecular complexity index is 1290. The highest BCUT2D eigenvalue weighted by Crippen LogP contribution is 2.30. The maximum absolute atomic E-state index is 13.3. The van der Waals surface area contributed by atoms with Gasteiger partial charge in [0.15, 0.2) is 0 Å². The van der Waals surface area contributed by atoms with E-state index in [-0.39, 0.29) is 11.4 Å². The highest BCUT2D eigenvalue weighted by Gasteiger charge is 2.19. The van der Waals surface area contributed by atoms with E-state index < -0.39 is 10.0 Å². The minimum Gasteiger partial charge on any atom is -0.377 e. The van der Waals surface area contributed by atoms with Crippen LogP contribution in [0.25, 0.3) is 10.8 Å². The maximum Gasteiger partial charge on any atom is 0.241 e. The van der Waals surface area contributed by atoms with Gasteiger partial charge in [-0.25, -0.2) is 13.1 Å². The highest BCUT2D eigenvalue weighted by molar-refractivity contribution is 7.89. The zero-order chi connectivity index (χ0) is 24.0. The fraction of sp³-hybridized carbons (Fsp3) is 0.231. The second-order valence-electron chi connectivity index (χ2n) is 8.27. The molecular formula is C26H29N5O2S. The van der Waals surface area contributed by atoms with Gasteiger partial charge in [0.2, 0.25) is 10.0 Å². The van der Waals surface area contributed by atoms with Gasteiger partial charge in [0, 0.05) is 69.1 Å². The monoisotopic (exact) mass is 475 g/mol. The van der Waals surface area contributed by atoms with Gasteiger partial charge in [0.05, 0.1) is 16.3 Å². The number of hydrogen-bond acceptors (Lipinski definition) is 6. The number of aromatic nitrogens is 2. The number of anilines is 1. The van der Waals surface area contributed by atoms with Gasteiger partial charge in [-0.3, -0.25) is 14.9 Å². The molecule has 0 aliphatic heterocycles. The van der Waals surface area contributed by atoms with Crippen LogP contribution in [0.4, 0.5) is 5.69 Å². The molecular weight excluding hydrogens is 446 g/mol. The van der Waals surface area contributed by atoms with Gasteiger partial charge >= 0.3 is 0 Å². The predicted octanol–water partition coefficient (Wildman–Crippen LogP) is 3.68. The first-order valence-electron chi connectivity index (χ1n) is 11.1. The molecule has 0 unspecified atom stereocenters. The van der Waals surface area contributed by atoms with Crippen molar-refractivity contribution in [1.29, 1.82) is 0 Å². The van der Waals surface area contributed by atoms with E-state index in [4.69, 9.17) is 0 Å². The molecule has 0 saturated heterocycles. The minimum absolute atomic E-state index is 0.270. The van der Waals surface area contributed by atoms with E-state index in [2.05, 4.69) is 19.6 Å². The fourth-order valence-electron chi connectivity index (χ4n) is 3.96. The lowest BCUT2D eigenvalue weighted by atomic mass is 10.1. The van der Waals surface area contributed by atoms with Crippen LogP contribution in [0.1, 0.15) is 11.4 Å². The van der Waals surface area contributed by atoms with E-state index in [0.717, 1.165) is 22.5 Å². The summed E-state index contributed by atoms with van der Waals surface area (Å²) in [5, 5.41) is 1.61. The van der Waals surface area contributed by atoms with Gasteiger partial charge in [0.1, 0.15) is 0 Å². The number of hydrogen-bond donors (Lipinski definition) is 1. The topological polar surface area (TPSA) is 78.4 Å². The average Bonchev–Trinajstić information content (AvgIpc) is 2.84. The van der Waals surface area contributed by atoms with Crippen LogP contribution < -0.4 is 9.62 Å². The largest absolute Gasteiger partial charge is 0.377 e. The van der Waals surface area contributed by atoms with Crippen molar-refractivity contribution in [3.05, 3.63) is 96.6 Å². The number of benzene rings is 2. The van der Waals surface area contributed by atoms with Crippen LogP contribution in [0, 0.1) is 0 Å². The van der Waals surface area contributed by atoms with E-state index in [1.807, 2.05) is 79.7 Å². The Balaban J connectivity index is 1.51. The third-order valence-electron chi connectivity index (χ3n) is 5.57. The van der Waals surface area contributed by atoms with E-state index in [9.17, 15) is 8.42 Å². The Morgan fingerprint density at radius 1 is 0.765 bits per heavy atom. The summed E-state index contributed by atoms with van der Waals surface area (Å²) in [7, 11) is 0.204. The molecule has 2 aromatic carbocycles. The Morgan fingerprint density at radius 2 is 1.38 bits per heavy atom. The molecule has 0 spiro atoms. The summed E-state index contributed by atoms with van der Waals surface area (Å²) in [4.78, 5) is 13.2. The number of pyridine rings is 2. The van der Waals surface area contributed by atoms with Crippen molar-refractivity contribution < 1.29 is 8.42 Å². The number of fused-ring (bicyclic) bond motifs is 1. The van der Waals surface area contributed by atoms with Crippen LogP contribution >= 0.6 is 0 Å². The van der Waals surface area contributed by atoms with Crippen LogP contribution in [0.3, 0.4) is 0 Å². The molecule has 0 atom stereocenters. The summed E-state index contributed by atoms with van der Waals surface area (Å²) in [5.41, 5.74) is 2.82. The minimum atomic E-state index is -3.70. The molecule has 4 rings (SSSR count). The summed E-state index contributed by atoms with van der Waals surface area (Å²) < 4.78 is 29.3. The molecule has 8 heteroatoms. The molecule has 4 aromatic rings. The Hall–Kier alpha value is -3.33. The van der Waals surface area contributed by atoms with Gasteiger partial charge in [-0.1, -0.05) is 36.4 Å².